The third-order valence-corrected chi connectivity index (χ3v) is 2.87. The highest BCUT2D eigenvalue weighted by molar-refractivity contribution is 4.75. The van der Waals surface area contributed by atoms with Crippen LogP contribution in [0.2, 0.25) is 0 Å². The van der Waals surface area contributed by atoms with E-state index in [1.54, 1.807) is 0 Å². The molecule has 0 saturated heterocycles. The molecule has 0 amide bonds. The molecule has 0 bridgehead atoms. The minimum atomic E-state index is 0.297. The van der Waals surface area contributed by atoms with E-state index in [-0.39, 0.29) is 0 Å². The summed E-state index contributed by atoms with van der Waals surface area (Å²) >= 11 is 0. The van der Waals surface area contributed by atoms with Crippen molar-refractivity contribution >= 4 is 0 Å². The number of hydrogen-bond donors (Lipinski definition) is 1. The van der Waals surface area contributed by atoms with E-state index in [0.717, 1.165) is 13.1 Å². The molecule has 0 fully saturated rings. The predicted molar refractivity (Wildman–Crippen MR) is 64.8 cm³/mol. The van der Waals surface area contributed by atoms with Gasteiger partial charge >= 0.3 is 0 Å². The summed E-state index contributed by atoms with van der Waals surface area (Å²) in [5.41, 5.74) is 0.297. The second-order valence-electron chi connectivity index (χ2n) is 4.82. The van der Waals surface area contributed by atoms with Gasteiger partial charge in [0.1, 0.15) is 0 Å². The van der Waals surface area contributed by atoms with Gasteiger partial charge in [0.15, 0.2) is 0 Å². The lowest BCUT2D eigenvalue weighted by Crippen LogP contribution is -2.42. The lowest BCUT2D eigenvalue weighted by atomic mass is 10.0. The molecule has 0 saturated carbocycles. The van der Waals surface area contributed by atoms with Gasteiger partial charge in [-0.25, -0.2) is 0 Å². The van der Waals surface area contributed by atoms with Crippen molar-refractivity contribution in [2.24, 2.45) is 0 Å². The second-order valence-corrected chi connectivity index (χ2v) is 4.82. The summed E-state index contributed by atoms with van der Waals surface area (Å²) in [5, 5.41) is 3.57. The zero-order valence-corrected chi connectivity index (χ0v) is 10.7. The molecule has 0 aliphatic rings. The molecule has 1 N–H and O–H groups in total. The zero-order chi connectivity index (χ0) is 11.0. The van der Waals surface area contributed by atoms with E-state index in [1.807, 2.05) is 0 Å². The largest absolute Gasteiger partial charge is 0.311 e. The average Bonchev–Trinajstić information content (AvgIpc) is 2.14. The molecule has 0 heterocycles. The Hall–Kier alpha value is -0.0800. The minimum Gasteiger partial charge on any atom is -0.311 e. The maximum absolute atomic E-state index is 3.57. The Kier molecular flexibility index (Phi) is 7.20. The van der Waals surface area contributed by atoms with Crippen molar-refractivity contribution in [2.45, 2.75) is 52.5 Å². The van der Waals surface area contributed by atoms with E-state index in [4.69, 9.17) is 0 Å². The quantitative estimate of drug-likeness (QED) is 0.647. The van der Waals surface area contributed by atoms with E-state index in [2.05, 4.69) is 45.0 Å². The van der Waals surface area contributed by atoms with Crippen LogP contribution >= 0.6 is 0 Å². The molecule has 2 heteroatoms. The Balaban J connectivity index is 3.43. The Bertz CT molecular complexity index is 132. The SMILES string of the molecule is CCCCN(C)CCNC(C)(C)CC. The summed E-state index contributed by atoms with van der Waals surface area (Å²) in [5.74, 6) is 0. The number of hydrogen-bond acceptors (Lipinski definition) is 2. The predicted octanol–water partition coefficient (Wildman–Crippen LogP) is 2.50. The molecule has 0 rings (SSSR count). The van der Waals surface area contributed by atoms with Gasteiger partial charge in [0, 0.05) is 18.6 Å². The third kappa shape index (κ3) is 7.34. The van der Waals surface area contributed by atoms with Crippen molar-refractivity contribution in [3.05, 3.63) is 0 Å². The molecule has 0 aromatic carbocycles. The van der Waals surface area contributed by atoms with Gasteiger partial charge in [-0.05, 0) is 40.3 Å². The summed E-state index contributed by atoms with van der Waals surface area (Å²) in [7, 11) is 2.20. The normalized spacial score (nSPS) is 12.4. The van der Waals surface area contributed by atoms with Crippen molar-refractivity contribution in [1.82, 2.24) is 10.2 Å². The molecule has 86 valence electrons. The van der Waals surface area contributed by atoms with E-state index in [9.17, 15) is 0 Å². The molecule has 2 nitrogen and oxygen atoms in total. The molecule has 0 spiro atoms. The highest BCUT2D eigenvalue weighted by atomic mass is 15.1. The fourth-order valence-corrected chi connectivity index (χ4v) is 1.25. The van der Waals surface area contributed by atoms with Crippen LogP contribution in [0.1, 0.15) is 47.0 Å². The van der Waals surface area contributed by atoms with Crippen molar-refractivity contribution in [1.29, 1.82) is 0 Å². The minimum absolute atomic E-state index is 0.297. The van der Waals surface area contributed by atoms with Gasteiger partial charge in [0.25, 0.3) is 0 Å². The fourth-order valence-electron chi connectivity index (χ4n) is 1.25. The first-order valence-electron chi connectivity index (χ1n) is 5.95. The topological polar surface area (TPSA) is 15.3 Å². The van der Waals surface area contributed by atoms with Gasteiger partial charge in [0.2, 0.25) is 0 Å². The summed E-state index contributed by atoms with van der Waals surface area (Å²) < 4.78 is 0. The Morgan fingerprint density at radius 3 is 2.29 bits per heavy atom. The number of rotatable bonds is 8. The van der Waals surface area contributed by atoms with Crippen LogP contribution in [0.5, 0.6) is 0 Å². The Morgan fingerprint density at radius 2 is 1.79 bits per heavy atom. The summed E-state index contributed by atoms with van der Waals surface area (Å²) in [4.78, 5) is 2.41. The van der Waals surface area contributed by atoms with Crippen LogP contribution < -0.4 is 5.32 Å². The van der Waals surface area contributed by atoms with E-state index in [1.165, 1.54) is 25.8 Å². The van der Waals surface area contributed by atoms with Crippen molar-refractivity contribution in [3.63, 3.8) is 0 Å². The van der Waals surface area contributed by atoms with Crippen LogP contribution in [-0.4, -0.2) is 37.1 Å². The molecule has 0 radical (unpaired) electrons. The summed E-state index contributed by atoms with van der Waals surface area (Å²) in [6.07, 6.45) is 3.79. The van der Waals surface area contributed by atoms with Crippen LogP contribution in [0.3, 0.4) is 0 Å². The van der Waals surface area contributed by atoms with Crippen molar-refractivity contribution in [3.8, 4) is 0 Å². The molecule has 0 aromatic rings. The molecule has 0 aromatic heterocycles. The Labute approximate surface area is 90.1 Å². The first kappa shape index (κ1) is 13.9. The van der Waals surface area contributed by atoms with Crippen LogP contribution in [0.15, 0.2) is 0 Å². The number of nitrogens with one attached hydrogen (secondary N) is 1. The van der Waals surface area contributed by atoms with Crippen molar-refractivity contribution in [2.75, 3.05) is 26.7 Å². The maximum Gasteiger partial charge on any atom is 0.0123 e. The van der Waals surface area contributed by atoms with Crippen LogP contribution in [0.4, 0.5) is 0 Å². The first-order valence-corrected chi connectivity index (χ1v) is 5.95. The van der Waals surface area contributed by atoms with Gasteiger partial charge in [0.05, 0.1) is 0 Å². The van der Waals surface area contributed by atoms with Gasteiger partial charge in [-0.15, -0.1) is 0 Å². The smallest absolute Gasteiger partial charge is 0.0123 e. The number of likely N-dealkylation sites (N-methyl/N-ethyl adjacent to an activating group) is 1. The van der Waals surface area contributed by atoms with E-state index >= 15 is 0 Å². The van der Waals surface area contributed by atoms with Crippen LogP contribution in [0, 0.1) is 0 Å². The molecule has 0 aliphatic carbocycles. The second kappa shape index (κ2) is 7.24. The number of unbranched alkanes of at least 4 members (excludes halogenated alkanes) is 1. The molecule has 0 unspecified atom stereocenters. The monoisotopic (exact) mass is 200 g/mol. The standard InChI is InChI=1S/C12H28N2/c1-6-8-10-14(5)11-9-13-12(3,4)7-2/h13H,6-11H2,1-5H3. The lowest BCUT2D eigenvalue weighted by molar-refractivity contribution is 0.295. The van der Waals surface area contributed by atoms with Gasteiger partial charge in [-0.2, -0.15) is 0 Å². The zero-order valence-electron chi connectivity index (χ0n) is 10.7. The fraction of sp³-hybridized carbons (Fsp3) is 1.00. The number of nitrogens with zero attached hydrogens (tertiary/aromatic N) is 1. The lowest BCUT2D eigenvalue weighted by Gasteiger charge is -2.26. The van der Waals surface area contributed by atoms with Crippen LogP contribution in [-0.2, 0) is 0 Å². The maximum atomic E-state index is 3.57. The molecular weight excluding hydrogens is 172 g/mol. The van der Waals surface area contributed by atoms with Crippen molar-refractivity contribution < 1.29 is 0 Å². The van der Waals surface area contributed by atoms with Gasteiger partial charge in [-0.3, -0.25) is 0 Å². The average molecular weight is 200 g/mol. The molecule has 14 heavy (non-hydrogen) atoms. The van der Waals surface area contributed by atoms with E-state index < -0.39 is 0 Å². The van der Waals surface area contributed by atoms with Gasteiger partial charge < -0.3 is 10.2 Å². The van der Waals surface area contributed by atoms with E-state index in [0.29, 0.717) is 5.54 Å². The third-order valence-electron chi connectivity index (χ3n) is 2.87. The van der Waals surface area contributed by atoms with Gasteiger partial charge in [-0.1, -0.05) is 20.3 Å². The molecule has 0 atom stereocenters. The molecular formula is C12H28N2. The summed E-state index contributed by atoms with van der Waals surface area (Å²) in [6, 6.07) is 0. The highest BCUT2D eigenvalue weighted by Crippen LogP contribution is 2.05. The highest BCUT2D eigenvalue weighted by Gasteiger charge is 2.12. The first-order chi connectivity index (χ1) is 6.52. The molecule has 0 aliphatic heterocycles. The Morgan fingerprint density at radius 1 is 1.14 bits per heavy atom. The van der Waals surface area contributed by atoms with Crippen LogP contribution in [0.25, 0.3) is 0 Å². The summed E-state index contributed by atoms with van der Waals surface area (Å²) in [6.45, 7) is 12.5.